The molecule has 0 bridgehead atoms. The Hall–Kier alpha value is -2.21. The van der Waals surface area contributed by atoms with Crippen molar-refractivity contribution in [3.8, 4) is 0 Å². The maximum absolute atomic E-state index is 13.2. The molecular formula is C15H22BrN4O12PS. The number of benzene rings is 1. The number of nitro benzene ring substituents is 2. The third-order valence-electron chi connectivity index (χ3n) is 4.08. The molecule has 0 heterocycles. The average molecular weight is 593 g/mol. The van der Waals surface area contributed by atoms with E-state index in [1.54, 1.807) is 0 Å². The summed E-state index contributed by atoms with van der Waals surface area (Å²) in [6, 6.07) is 0.686. The summed E-state index contributed by atoms with van der Waals surface area (Å²) < 4.78 is 42.0. The summed E-state index contributed by atoms with van der Waals surface area (Å²) in [6.07, 6.45) is 0.704. The molecule has 0 aliphatic carbocycles. The first kappa shape index (κ1) is 29.8. The molecule has 0 saturated heterocycles. The molecule has 1 aromatic rings. The van der Waals surface area contributed by atoms with Crippen molar-refractivity contribution in [3.63, 3.8) is 0 Å². The summed E-state index contributed by atoms with van der Waals surface area (Å²) in [6.45, 7) is -1.74. The second-order valence-corrected chi connectivity index (χ2v) is 10.3. The number of halogens is 1. The van der Waals surface area contributed by atoms with E-state index in [4.69, 9.17) is 9.79 Å². The fourth-order valence-electron chi connectivity index (χ4n) is 2.72. The normalized spacial score (nSPS) is 11.8. The SMILES string of the molecule is CN(CCOP(=O)(O)O)C(=O)c1c(CCBr)c([N+](=O)[O-])cc([N+](=O)[O-])c1NCCOS(C)(=O)=O. The lowest BCUT2D eigenvalue weighted by Crippen LogP contribution is -2.32. The van der Waals surface area contributed by atoms with Crippen molar-refractivity contribution in [2.75, 3.05) is 50.3 Å². The van der Waals surface area contributed by atoms with Gasteiger partial charge in [0.25, 0.3) is 27.4 Å². The van der Waals surface area contributed by atoms with Gasteiger partial charge >= 0.3 is 7.82 Å². The number of likely N-dealkylation sites (N-methyl/N-ethyl adjacent to an activating group) is 1. The molecule has 0 saturated carbocycles. The van der Waals surface area contributed by atoms with Crippen LogP contribution >= 0.6 is 23.8 Å². The van der Waals surface area contributed by atoms with E-state index in [1.807, 2.05) is 0 Å². The Bertz CT molecular complexity index is 1090. The summed E-state index contributed by atoms with van der Waals surface area (Å²) in [7, 11) is -7.45. The Kier molecular flexibility index (Phi) is 10.9. The molecule has 3 N–H and O–H groups in total. The van der Waals surface area contributed by atoms with E-state index in [0.29, 0.717) is 6.07 Å². The van der Waals surface area contributed by atoms with Crippen LogP contribution in [0.5, 0.6) is 0 Å². The van der Waals surface area contributed by atoms with Crippen molar-refractivity contribution in [2.24, 2.45) is 0 Å². The van der Waals surface area contributed by atoms with Crippen molar-refractivity contribution in [3.05, 3.63) is 37.4 Å². The van der Waals surface area contributed by atoms with Crippen LogP contribution in [0, 0.1) is 20.2 Å². The monoisotopic (exact) mass is 592 g/mol. The smallest absolute Gasteiger partial charge is 0.376 e. The summed E-state index contributed by atoms with van der Waals surface area (Å²) in [5.41, 5.74) is -2.48. The molecule has 0 atom stereocenters. The second-order valence-electron chi connectivity index (χ2n) is 6.60. The third-order valence-corrected chi connectivity index (χ3v) is 5.59. The highest BCUT2D eigenvalue weighted by molar-refractivity contribution is 9.09. The lowest BCUT2D eigenvalue weighted by molar-refractivity contribution is -0.394. The number of carbonyl (C=O) groups is 1. The zero-order valence-electron chi connectivity index (χ0n) is 17.9. The number of phosphoric ester groups is 1. The predicted octanol–water partition coefficient (Wildman–Crippen LogP) is 1.01. The average Bonchev–Trinajstić information content (AvgIpc) is 2.68. The Morgan fingerprint density at radius 2 is 1.82 bits per heavy atom. The van der Waals surface area contributed by atoms with Gasteiger partial charge in [0, 0.05) is 31.0 Å². The number of hydrogen-bond donors (Lipinski definition) is 3. The molecule has 192 valence electrons. The van der Waals surface area contributed by atoms with Crippen molar-refractivity contribution < 1.29 is 46.1 Å². The maximum atomic E-state index is 13.2. The molecule has 0 aromatic heterocycles. The first-order valence-electron chi connectivity index (χ1n) is 9.17. The lowest BCUT2D eigenvalue weighted by atomic mass is 9.98. The number of alkyl halides is 1. The number of hydrogen-bond acceptors (Lipinski definition) is 11. The first-order chi connectivity index (χ1) is 15.6. The van der Waals surface area contributed by atoms with Crippen LogP contribution < -0.4 is 5.32 Å². The van der Waals surface area contributed by atoms with Crippen LogP contribution in [0.25, 0.3) is 0 Å². The largest absolute Gasteiger partial charge is 0.469 e. The van der Waals surface area contributed by atoms with Crippen molar-refractivity contribution in [1.82, 2.24) is 4.90 Å². The highest BCUT2D eigenvalue weighted by Crippen LogP contribution is 2.39. The topological polar surface area (TPSA) is 229 Å². The van der Waals surface area contributed by atoms with Gasteiger partial charge < -0.3 is 20.0 Å². The molecule has 0 fully saturated rings. The van der Waals surface area contributed by atoms with Crippen LogP contribution in [-0.4, -0.2) is 83.8 Å². The van der Waals surface area contributed by atoms with Crippen molar-refractivity contribution >= 4 is 56.8 Å². The fourth-order valence-corrected chi connectivity index (χ4v) is 3.83. The van der Waals surface area contributed by atoms with Gasteiger partial charge in [-0.15, -0.1) is 0 Å². The minimum atomic E-state index is -4.83. The summed E-state index contributed by atoms with van der Waals surface area (Å²) in [5, 5.41) is 26.0. The first-order valence-corrected chi connectivity index (χ1v) is 13.6. The highest BCUT2D eigenvalue weighted by atomic mass is 79.9. The molecule has 1 rings (SSSR count). The predicted molar refractivity (Wildman–Crippen MR) is 121 cm³/mol. The van der Waals surface area contributed by atoms with E-state index in [2.05, 4.69) is 30.0 Å². The van der Waals surface area contributed by atoms with Crippen molar-refractivity contribution in [1.29, 1.82) is 0 Å². The molecular weight excluding hydrogens is 571 g/mol. The minimum absolute atomic E-state index is 0.0866. The number of carbonyl (C=O) groups excluding carboxylic acids is 1. The van der Waals surface area contributed by atoms with Crippen LogP contribution in [0.3, 0.4) is 0 Å². The van der Waals surface area contributed by atoms with Crippen molar-refractivity contribution in [2.45, 2.75) is 6.42 Å². The number of anilines is 1. The summed E-state index contributed by atoms with van der Waals surface area (Å²) in [5.74, 6) is -0.941. The van der Waals surface area contributed by atoms with Gasteiger partial charge in [-0.25, -0.2) is 4.57 Å². The molecule has 34 heavy (non-hydrogen) atoms. The van der Waals surface area contributed by atoms with Gasteiger partial charge in [0.05, 0.1) is 40.9 Å². The van der Waals surface area contributed by atoms with E-state index >= 15 is 0 Å². The Morgan fingerprint density at radius 3 is 2.29 bits per heavy atom. The van der Waals surface area contributed by atoms with Crippen LogP contribution in [0.4, 0.5) is 17.1 Å². The fraction of sp³-hybridized carbons (Fsp3) is 0.533. The molecule has 0 aliphatic heterocycles. The molecule has 1 amide bonds. The van der Waals surface area contributed by atoms with Gasteiger partial charge in [-0.3, -0.25) is 33.7 Å². The quantitative estimate of drug-likeness (QED) is 0.0684. The van der Waals surface area contributed by atoms with Gasteiger partial charge in [-0.2, -0.15) is 8.42 Å². The summed E-state index contributed by atoms with van der Waals surface area (Å²) >= 11 is 3.12. The van der Waals surface area contributed by atoms with Crippen LogP contribution in [0.15, 0.2) is 6.07 Å². The van der Waals surface area contributed by atoms with Gasteiger partial charge in [-0.05, 0) is 6.42 Å². The number of nitro groups is 2. The minimum Gasteiger partial charge on any atom is -0.376 e. The third kappa shape index (κ3) is 9.21. The number of phosphoric acid groups is 1. The molecule has 0 unspecified atom stereocenters. The van der Waals surface area contributed by atoms with E-state index in [1.165, 1.54) is 7.05 Å². The molecule has 19 heteroatoms. The Labute approximate surface area is 202 Å². The van der Waals surface area contributed by atoms with Gasteiger partial charge in [-0.1, -0.05) is 15.9 Å². The molecule has 16 nitrogen and oxygen atoms in total. The van der Waals surface area contributed by atoms with E-state index in [9.17, 15) is 38.0 Å². The molecule has 0 aliphatic rings. The number of nitrogens with one attached hydrogen (secondary N) is 1. The zero-order chi connectivity index (χ0) is 26.3. The van der Waals surface area contributed by atoms with Gasteiger partial charge in [0.1, 0.15) is 5.69 Å². The molecule has 1 aromatic carbocycles. The number of rotatable bonds is 14. The van der Waals surface area contributed by atoms with Crippen LogP contribution in [-0.2, 0) is 29.8 Å². The lowest BCUT2D eigenvalue weighted by Gasteiger charge is -2.22. The standard InChI is InChI=1S/C15H22BrN4O12PS/c1-18(6-8-31-33(26,27)28)15(21)13-10(3-4-16)11(19(22)23)9-12(20(24)25)14(13)17-5-7-32-34(2,29)30/h9,17H,3-8H2,1-2H3,(H2,26,27,28). The van der Waals surface area contributed by atoms with Gasteiger partial charge in [0.2, 0.25) is 0 Å². The number of nitrogens with zero attached hydrogens (tertiary/aromatic N) is 3. The van der Waals surface area contributed by atoms with Crippen LogP contribution in [0.2, 0.25) is 0 Å². The van der Waals surface area contributed by atoms with Crippen LogP contribution in [0.1, 0.15) is 15.9 Å². The Balaban J connectivity index is 3.56. The zero-order valence-corrected chi connectivity index (χ0v) is 21.2. The molecule has 0 spiro atoms. The number of amides is 1. The van der Waals surface area contributed by atoms with E-state index in [0.717, 1.165) is 11.2 Å². The molecule has 0 radical (unpaired) electrons. The summed E-state index contributed by atoms with van der Waals surface area (Å²) in [4.78, 5) is 53.1. The van der Waals surface area contributed by atoms with E-state index < -0.39 is 69.5 Å². The Morgan fingerprint density at radius 1 is 1.24 bits per heavy atom. The maximum Gasteiger partial charge on any atom is 0.469 e. The van der Waals surface area contributed by atoms with Gasteiger partial charge in [0.15, 0.2) is 0 Å². The second kappa shape index (κ2) is 12.5. The highest BCUT2D eigenvalue weighted by Gasteiger charge is 2.34. The van der Waals surface area contributed by atoms with E-state index in [-0.39, 0.29) is 30.4 Å².